The maximum Gasteiger partial charge on any atom is 0.169 e. The number of hydrogen-bond donors (Lipinski definition) is 0. The van der Waals surface area contributed by atoms with Crippen LogP contribution in [0, 0.1) is 17.6 Å². The molecule has 0 spiro atoms. The van der Waals surface area contributed by atoms with Crippen LogP contribution in [0.5, 0.6) is 0 Å². The predicted molar refractivity (Wildman–Crippen MR) is 92.2 cm³/mol. The first-order valence-corrected chi connectivity index (χ1v) is 8.91. The molecule has 2 bridgehead atoms. The van der Waals surface area contributed by atoms with Crippen LogP contribution in [0.1, 0.15) is 41.6 Å². The molecule has 4 rings (SSSR count). The number of rotatable bonds is 4. The standard InChI is InChI=1S/C21H21F2NO/c22-16-6-9-20(23)19(12-16)21(25)15-10-17-7-8-18(11-15)24(17)13-14-4-2-1-3-5-14/h1-6,9,12,15,17-18H,7-8,10-11,13H2. The molecule has 2 unspecified atom stereocenters. The van der Waals surface area contributed by atoms with E-state index in [0.717, 1.165) is 50.4 Å². The van der Waals surface area contributed by atoms with Crippen molar-refractivity contribution < 1.29 is 13.6 Å². The normalized spacial score (nSPS) is 25.9. The fourth-order valence-electron chi connectivity index (χ4n) is 4.45. The highest BCUT2D eigenvalue weighted by atomic mass is 19.1. The molecule has 4 heteroatoms. The van der Waals surface area contributed by atoms with E-state index in [1.165, 1.54) is 5.56 Å². The summed E-state index contributed by atoms with van der Waals surface area (Å²) < 4.78 is 27.4. The first kappa shape index (κ1) is 16.4. The van der Waals surface area contributed by atoms with Gasteiger partial charge in [0.1, 0.15) is 11.6 Å². The van der Waals surface area contributed by atoms with Crippen LogP contribution in [-0.2, 0) is 6.54 Å². The van der Waals surface area contributed by atoms with Crippen LogP contribution in [0.15, 0.2) is 48.5 Å². The van der Waals surface area contributed by atoms with Gasteiger partial charge in [-0.15, -0.1) is 0 Å². The summed E-state index contributed by atoms with van der Waals surface area (Å²) in [5, 5.41) is 0. The van der Waals surface area contributed by atoms with Crippen molar-refractivity contribution >= 4 is 5.78 Å². The third-order valence-electron chi connectivity index (χ3n) is 5.66. The Labute approximate surface area is 146 Å². The Kier molecular flexibility index (Phi) is 4.38. The van der Waals surface area contributed by atoms with Crippen LogP contribution >= 0.6 is 0 Å². The average molecular weight is 341 g/mol. The first-order valence-electron chi connectivity index (χ1n) is 8.91. The number of hydrogen-bond acceptors (Lipinski definition) is 2. The first-order chi connectivity index (χ1) is 12.1. The summed E-state index contributed by atoms with van der Waals surface area (Å²) in [4.78, 5) is 15.2. The molecule has 2 saturated heterocycles. The molecule has 2 nitrogen and oxygen atoms in total. The van der Waals surface area contributed by atoms with Gasteiger partial charge in [0.05, 0.1) is 5.56 Å². The third kappa shape index (κ3) is 3.23. The van der Waals surface area contributed by atoms with E-state index >= 15 is 0 Å². The van der Waals surface area contributed by atoms with Gasteiger partial charge in [0, 0.05) is 24.5 Å². The van der Waals surface area contributed by atoms with Gasteiger partial charge in [-0.2, -0.15) is 0 Å². The molecule has 0 amide bonds. The monoisotopic (exact) mass is 341 g/mol. The summed E-state index contributed by atoms with van der Waals surface area (Å²) in [7, 11) is 0. The fraction of sp³-hybridized carbons (Fsp3) is 0.381. The Morgan fingerprint density at radius 2 is 1.68 bits per heavy atom. The summed E-state index contributed by atoms with van der Waals surface area (Å²) in [5.74, 6) is -1.63. The van der Waals surface area contributed by atoms with Crippen molar-refractivity contribution in [2.45, 2.75) is 44.3 Å². The molecule has 25 heavy (non-hydrogen) atoms. The van der Waals surface area contributed by atoms with E-state index in [1.54, 1.807) is 0 Å². The van der Waals surface area contributed by atoms with Gasteiger partial charge in [-0.25, -0.2) is 8.78 Å². The Hall–Kier alpha value is -2.07. The largest absolute Gasteiger partial charge is 0.294 e. The van der Waals surface area contributed by atoms with Crippen molar-refractivity contribution in [3.8, 4) is 0 Å². The molecule has 2 aromatic rings. The number of piperidine rings is 1. The molecule has 0 N–H and O–H groups in total. The van der Waals surface area contributed by atoms with E-state index < -0.39 is 11.6 Å². The zero-order chi connectivity index (χ0) is 17.4. The highest BCUT2D eigenvalue weighted by Crippen LogP contribution is 2.40. The van der Waals surface area contributed by atoms with Gasteiger partial charge in [-0.1, -0.05) is 30.3 Å². The molecule has 2 atom stereocenters. The second-order valence-electron chi connectivity index (χ2n) is 7.20. The topological polar surface area (TPSA) is 20.3 Å². The molecule has 2 aliphatic rings. The van der Waals surface area contributed by atoms with Crippen LogP contribution in [0.2, 0.25) is 0 Å². The minimum Gasteiger partial charge on any atom is -0.294 e. The smallest absolute Gasteiger partial charge is 0.169 e. The van der Waals surface area contributed by atoms with Gasteiger partial charge in [0.15, 0.2) is 5.78 Å². The number of nitrogens with zero attached hydrogens (tertiary/aromatic N) is 1. The number of fused-ring (bicyclic) bond motifs is 2. The Morgan fingerprint density at radius 3 is 2.36 bits per heavy atom. The van der Waals surface area contributed by atoms with Gasteiger partial charge < -0.3 is 0 Å². The molecule has 2 fully saturated rings. The van der Waals surface area contributed by atoms with E-state index in [1.807, 2.05) is 18.2 Å². The van der Waals surface area contributed by atoms with Gasteiger partial charge in [0.2, 0.25) is 0 Å². The Bertz CT molecular complexity index is 763. The van der Waals surface area contributed by atoms with Gasteiger partial charge in [0.25, 0.3) is 0 Å². The zero-order valence-corrected chi connectivity index (χ0v) is 14.0. The summed E-state index contributed by atoms with van der Waals surface area (Å²) in [6.07, 6.45) is 3.62. The Balaban J connectivity index is 1.49. The molecular weight excluding hydrogens is 320 g/mol. The molecule has 0 radical (unpaired) electrons. The lowest BCUT2D eigenvalue weighted by Crippen LogP contribution is -2.44. The maximum atomic E-state index is 14.0. The van der Waals surface area contributed by atoms with Gasteiger partial charge >= 0.3 is 0 Å². The van der Waals surface area contributed by atoms with Crippen LogP contribution in [0.4, 0.5) is 8.78 Å². The SMILES string of the molecule is O=C(c1cc(F)ccc1F)C1CC2CCC(C1)N2Cc1ccccc1. The molecule has 2 heterocycles. The van der Waals surface area contributed by atoms with E-state index in [0.29, 0.717) is 12.1 Å². The Morgan fingerprint density at radius 1 is 1.00 bits per heavy atom. The van der Waals surface area contributed by atoms with Crippen LogP contribution in [0.25, 0.3) is 0 Å². The van der Waals surface area contributed by atoms with E-state index in [4.69, 9.17) is 0 Å². The van der Waals surface area contributed by atoms with Crippen LogP contribution in [0.3, 0.4) is 0 Å². The van der Waals surface area contributed by atoms with Gasteiger partial charge in [-0.05, 0) is 49.4 Å². The van der Waals surface area contributed by atoms with Crippen molar-refractivity contribution in [1.29, 1.82) is 0 Å². The number of halogens is 2. The van der Waals surface area contributed by atoms with E-state index in [-0.39, 0.29) is 17.3 Å². The maximum absolute atomic E-state index is 14.0. The molecule has 2 aliphatic heterocycles. The molecule has 2 aromatic carbocycles. The molecule has 0 saturated carbocycles. The van der Waals surface area contributed by atoms with Crippen molar-refractivity contribution in [1.82, 2.24) is 4.90 Å². The second kappa shape index (κ2) is 6.68. The molecule has 130 valence electrons. The van der Waals surface area contributed by atoms with Crippen LogP contribution < -0.4 is 0 Å². The van der Waals surface area contributed by atoms with Crippen molar-refractivity contribution in [2.24, 2.45) is 5.92 Å². The van der Waals surface area contributed by atoms with E-state index in [9.17, 15) is 13.6 Å². The number of carbonyl (C=O) groups is 1. The molecule has 0 aromatic heterocycles. The molecule has 0 aliphatic carbocycles. The lowest BCUT2D eigenvalue weighted by Gasteiger charge is -2.38. The highest BCUT2D eigenvalue weighted by Gasteiger charge is 2.43. The minimum atomic E-state index is -0.620. The number of benzene rings is 2. The summed E-state index contributed by atoms with van der Waals surface area (Å²) in [6, 6.07) is 14.2. The molecular formula is C21H21F2NO. The van der Waals surface area contributed by atoms with Crippen molar-refractivity contribution in [3.63, 3.8) is 0 Å². The third-order valence-corrected chi connectivity index (χ3v) is 5.66. The summed E-state index contributed by atoms with van der Waals surface area (Å²) in [5.41, 5.74) is 1.18. The van der Waals surface area contributed by atoms with Crippen molar-refractivity contribution in [3.05, 3.63) is 71.3 Å². The number of Topliss-reactive ketones (excluding diaryl/α,β-unsaturated/α-hetero) is 1. The lowest BCUT2D eigenvalue weighted by molar-refractivity contribution is 0.0674. The zero-order valence-electron chi connectivity index (χ0n) is 14.0. The lowest BCUT2D eigenvalue weighted by atomic mass is 9.84. The average Bonchev–Trinajstić information content (AvgIpc) is 2.85. The van der Waals surface area contributed by atoms with Gasteiger partial charge in [-0.3, -0.25) is 9.69 Å². The fourth-order valence-corrected chi connectivity index (χ4v) is 4.45. The van der Waals surface area contributed by atoms with Crippen LogP contribution in [-0.4, -0.2) is 22.8 Å². The van der Waals surface area contributed by atoms with Crippen molar-refractivity contribution in [2.75, 3.05) is 0 Å². The van der Waals surface area contributed by atoms with E-state index in [2.05, 4.69) is 17.0 Å². The highest BCUT2D eigenvalue weighted by molar-refractivity contribution is 5.98. The number of ketones is 1. The summed E-state index contributed by atoms with van der Waals surface area (Å²) in [6.45, 7) is 0.894. The summed E-state index contributed by atoms with van der Waals surface area (Å²) >= 11 is 0. The second-order valence-corrected chi connectivity index (χ2v) is 7.20. The predicted octanol–water partition coefficient (Wildman–Crippen LogP) is 4.59. The number of carbonyl (C=O) groups excluding carboxylic acids is 1. The quantitative estimate of drug-likeness (QED) is 0.758. The minimum absolute atomic E-state index is 0.0964.